The summed E-state index contributed by atoms with van der Waals surface area (Å²) in [4.78, 5) is 13.8. The van der Waals surface area contributed by atoms with E-state index in [2.05, 4.69) is 12.2 Å². The molecule has 0 aromatic carbocycles. The molecular weight excluding hydrogens is 204 g/mol. The third kappa shape index (κ3) is 3.76. The number of ether oxygens (including phenoxy) is 1. The highest BCUT2D eigenvalue weighted by atomic mass is 16.5. The molecule has 4 heteroatoms. The van der Waals surface area contributed by atoms with Gasteiger partial charge < -0.3 is 15.0 Å². The molecule has 1 aliphatic rings. The Kier molecular flexibility index (Phi) is 5.22. The largest absolute Gasteiger partial charge is 0.379 e. The number of hydrogen-bond acceptors (Lipinski definition) is 3. The summed E-state index contributed by atoms with van der Waals surface area (Å²) in [6, 6.07) is 0.353. The molecule has 0 radical (unpaired) electrons. The smallest absolute Gasteiger partial charge is 0.236 e. The van der Waals surface area contributed by atoms with Crippen molar-refractivity contribution in [2.24, 2.45) is 5.92 Å². The van der Waals surface area contributed by atoms with Crippen molar-refractivity contribution in [2.75, 3.05) is 26.7 Å². The maximum atomic E-state index is 11.9. The van der Waals surface area contributed by atoms with Gasteiger partial charge in [-0.15, -0.1) is 0 Å². The van der Waals surface area contributed by atoms with Crippen LogP contribution in [0.4, 0.5) is 0 Å². The van der Waals surface area contributed by atoms with Gasteiger partial charge in [0, 0.05) is 26.2 Å². The zero-order valence-corrected chi connectivity index (χ0v) is 10.8. The van der Waals surface area contributed by atoms with Gasteiger partial charge in [0.25, 0.3) is 0 Å². The van der Waals surface area contributed by atoms with E-state index in [1.165, 1.54) is 0 Å². The fourth-order valence-electron chi connectivity index (χ4n) is 1.97. The van der Waals surface area contributed by atoms with Crippen molar-refractivity contribution in [1.82, 2.24) is 10.2 Å². The number of amides is 1. The van der Waals surface area contributed by atoms with E-state index in [0.717, 1.165) is 19.5 Å². The van der Waals surface area contributed by atoms with Gasteiger partial charge in [0.2, 0.25) is 5.91 Å². The number of piperidine rings is 1. The summed E-state index contributed by atoms with van der Waals surface area (Å²) in [7, 11) is 1.72. The van der Waals surface area contributed by atoms with Gasteiger partial charge in [-0.05, 0) is 12.3 Å². The van der Waals surface area contributed by atoms with Gasteiger partial charge >= 0.3 is 0 Å². The lowest BCUT2D eigenvalue weighted by Gasteiger charge is -2.36. The molecule has 1 heterocycles. The Bertz CT molecular complexity index is 231. The van der Waals surface area contributed by atoms with Crippen LogP contribution in [0.2, 0.25) is 0 Å². The van der Waals surface area contributed by atoms with Crippen LogP contribution in [0.1, 0.15) is 27.2 Å². The van der Waals surface area contributed by atoms with Crippen molar-refractivity contribution in [3.63, 3.8) is 0 Å². The summed E-state index contributed by atoms with van der Waals surface area (Å²) in [6.45, 7) is 8.30. The Labute approximate surface area is 98.3 Å². The first kappa shape index (κ1) is 13.5. The molecule has 1 amide bonds. The first-order valence-electron chi connectivity index (χ1n) is 6.08. The van der Waals surface area contributed by atoms with Gasteiger partial charge in [0.05, 0.1) is 12.6 Å². The Morgan fingerprint density at radius 3 is 2.81 bits per heavy atom. The van der Waals surface area contributed by atoms with Crippen molar-refractivity contribution >= 4 is 5.91 Å². The summed E-state index contributed by atoms with van der Waals surface area (Å²) in [6.07, 6.45) is 1.23. The second-order valence-corrected chi connectivity index (χ2v) is 4.92. The SMILES string of the molecule is COC1CN(C(=O)CNC(C)C)CCC1C. The minimum atomic E-state index is 0.183. The van der Waals surface area contributed by atoms with Crippen LogP contribution in [0.3, 0.4) is 0 Å². The van der Waals surface area contributed by atoms with Crippen molar-refractivity contribution in [3.05, 3.63) is 0 Å². The minimum absolute atomic E-state index is 0.183. The summed E-state index contributed by atoms with van der Waals surface area (Å²) < 4.78 is 5.40. The van der Waals surface area contributed by atoms with Crippen LogP contribution in [0.5, 0.6) is 0 Å². The zero-order chi connectivity index (χ0) is 12.1. The lowest BCUT2D eigenvalue weighted by atomic mass is 9.96. The fourth-order valence-corrected chi connectivity index (χ4v) is 1.97. The van der Waals surface area contributed by atoms with E-state index in [-0.39, 0.29) is 12.0 Å². The van der Waals surface area contributed by atoms with Gasteiger partial charge in [-0.3, -0.25) is 4.79 Å². The quantitative estimate of drug-likeness (QED) is 0.776. The van der Waals surface area contributed by atoms with E-state index in [1.54, 1.807) is 7.11 Å². The van der Waals surface area contributed by atoms with Crippen LogP contribution in [0.25, 0.3) is 0 Å². The highest BCUT2D eigenvalue weighted by Gasteiger charge is 2.28. The number of carbonyl (C=O) groups is 1. The molecule has 1 N–H and O–H groups in total. The molecule has 0 saturated carbocycles. The predicted octanol–water partition coefficient (Wildman–Crippen LogP) is 0.868. The molecule has 0 aliphatic carbocycles. The normalized spacial score (nSPS) is 26.2. The highest BCUT2D eigenvalue weighted by molar-refractivity contribution is 5.78. The molecule has 2 unspecified atom stereocenters. The average molecular weight is 228 g/mol. The number of likely N-dealkylation sites (tertiary alicyclic amines) is 1. The molecule has 1 fully saturated rings. The van der Waals surface area contributed by atoms with Gasteiger partial charge in [-0.1, -0.05) is 20.8 Å². The Morgan fingerprint density at radius 1 is 1.56 bits per heavy atom. The second-order valence-electron chi connectivity index (χ2n) is 4.92. The number of nitrogens with zero attached hydrogens (tertiary/aromatic N) is 1. The van der Waals surface area contributed by atoms with Gasteiger partial charge in [0.15, 0.2) is 0 Å². The highest BCUT2D eigenvalue weighted by Crippen LogP contribution is 2.19. The number of methoxy groups -OCH3 is 1. The van der Waals surface area contributed by atoms with Gasteiger partial charge in [-0.25, -0.2) is 0 Å². The van der Waals surface area contributed by atoms with Crippen LogP contribution in [0.15, 0.2) is 0 Å². The molecule has 1 rings (SSSR count). The maximum absolute atomic E-state index is 11.9. The van der Waals surface area contributed by atoms with E-state index in [0.29, 0.717) is 18.5 Å². The number of nitrogens with one attached hydrogen (secondary N) is 1. The fraction of sp³-hybridized carbons (Fsp3) is 0.917. The van der Waals surface area contributed by atoms with E-state index < -0.39 is 0 Å². The predicted molar refractivity (Wildman–Crippen MR) is 64.3 cm³/mol. The van der Waals surface area contributed by atoms with Crippen LogP contribution in [-0.4, -0.2) is 49.7 Å². The lowest BCUT2D eigenvalue weighted by Crippen LogP contribution is -2.49. The number of hydrogen-bond donors (Lipinski definition) is 1. The molecular formula is C12H24N2O2. The number of rotatable bonds is 4. The van der Waals surface area contributed by atoms with E-state index in [9.17, 15) is 4.79 Å². The molecule has 1 aliphatic heterocycles. The van der Waals surface area contributed by atoms with Crippen LogP contribution >= 0.6 is 0 Å². The third-order valence-corrected chi connectivity index (χ3v) is 3.21. The van der Waals surface area contributed by atoms with Crippen LogP contribution < -0.4 is 5.32 Å². The van der Waals surface area contributed by atoms with E-state index in [4.69, 9.17) is 4.74 Å². The molecule has 0 aromatic heterocycles. The lowest BCUT2D eigenvalue weighted by molar-refractivity contribution is -0.135. The van der Waals surface area contributed by atoms with Gasteiger partial charge in [0.1, 0.15) is 0 Å². The molecule has 94 valence electrons. The summed E-state index contributed by atoms with van der Waals surface area (Å²) in [5.74, 6) is 0.731. The van der Waals surface area contributed by atoms with E-state index >= 15 is 0 Å². The summed E-state index contributed by atoms with van der Waals surface area (Å²) in [5.41, 5.74) is 0. The topological polar surface area (TPSA) is 41.6 Å². The van der Waals surface area contributed by atoms with Gasteiger partial charge in [-0.2, -0.15) is 0 Å². The van der Waals surface area contributed by atoms with Crippen LogP contribution in [0, 0.1) is 5.92 Å². The van der Waals surface area contributed by atoms with Crippen molar-refractivity contribution in [1.29, 1.82) is 0 Å². The minimum Gasteiger partial charge on any atom is -0.379 e. The van der Waals surface area contributed by atoms with Crippen molar-refractivity contribution < 1.29 is 9.53 Å². The van der Waals surface area contributed by atoms with E-state index in [1.807, 2.05) is 18.7 Å². The zero-order valence-electron chi connectivity index (χ0n) is 10.8. The second kappa shape index (κ2) is 6.21. The standard InChI is InChI=1S/C12H24N2O2/c1-9(2)13-7-12(15)14-6-5-10(3)11(8-14)16-4/h9-11,13H,5-8H2,1-4H3. The first-order valence-corrected chi connectivity index (χ1v) is 6.08. The summed E-state index contributed by atoms with van der Waals surface area (Å²) >= 11 is 0. The molecule has 2 atom stereocenters. The Balaban J connectivity index is 2.39. The number of carbonyl (C=O) groups excluding carboxylic acids is 1. The van der Waals surface area contributed by atoms with Crippen LogP contribution in [-0.2, 0) is 9.53 Å². The molecule has 0 bridgehead atoms. The molecule has 16 heavy (non-hydrogen) atoms. The summed E-state index contributed by atoms with van der Waals surface area (Å²) in [5, 5.41) is 3.15. The maximum Gasteiger partial charge on any atom is 0.236 e. The Hall–Kier alpha value is -0.610. The monoisotopic (exact) mass is 228 g/mol. The third-order valence-electron chi connectivity index (χ3n) is 3.21. The molecule has 4 nitrogen and oxygen atoms in total. The van der Waals surface area contributed by atoms with Crippen molar-refractivity contribution in [2.45, 2.75) is 39.3 Å². The first-order chi connectivity index (χ1) is 7.54. The molecule has 0 aromatic rings. The average Bonchev–Trinajstić information content (AvgIpc) is 2.26. The Morgan fingerprint density at radius 2 is 2.25 bits per heavy atom. The molecule has 1 saturated heterocycles. The van der Waals surface area contributed by atoms with Crippen molar-refractivity contribution in [3.8, 4) is 0 Å². The molecule has 0 spiro atoms.